The lowest BCUT2D eigenvalue weighted by atomic mass is 10.1. The maximum Gasteiger partial charge on any atom is 0.323 e. The maximum atomic E-state index is 11.9. The van der Waals surface area contributed by atoms with E-state index in [1.807, 2.05) is 20.0 Å². The highest BCUT2D eigenvalue weighted by atomic mass is 16.2. The smallest absolute Gasteiger partial charge is 0.314 e. The van der Waals surface area contributed by atoms with Crippen LogP contribution in [0.5, 0.6) is 0 Å². The minimum absolute atomic E-state index is 0.171. The van der Waals surface area contributed by atoms with Gasteiger partial charge in [0.1, 0.15) is 0 Å². The molecule has 0 bridgehead atoms. The zero-order chi connectivity index (χ0) is 14.0. The van der Waals surface area contributed by atoms with Crippen LogP contribution >= 0.6 is 0 Å². The molecule has 0 aromatic heterocycles. The van der Waals surface area contributed by atoms with E-state index in [0.29, 0.717) is 5.92 Å². The Bertz CT molecular complexity index is 505. The molecule has 0 aliphatic heterocycles. The standard InChI is InChI=1S/C16H22N2O/c1-10-7-11(2)15(12(3)8-10)18-16(19)17-9-13(4)14-5-6-14/h7-9,14H,5-6H2,1-4H3,(H2,17,18,19)/b13-9+. The fourth-order valence-electron chi connectivity index (χ4n) is 2.36. The zero-order valence-electron chi connectivity index (χ0n) is 12.1. The molecule has 1 saturated carbocycles. The molecule has 3 nitrogen and oxygen atoms in total. The molecule has 2 rings (SSSR count). The second-order valence-electron chi connectivity index (χ2n) is 5.53. The Morgan fingerprint density at radius 1 is 1.21 bits per heavy atom. The van der Waals surface area contributed by atoms with Gasteiger partial charge in [0, 0.05) is 11.9 Å². The minimum Gasteiger partial charge on any atom is -0.314 e. The predicted molar refractivity (Wildman–Crippen MR) is 79.3 cm³/mol. The number of carbonyl (C=O) groups is 1. The molecular formula is C16H22N2O. The van der Waals surface area contributed by atoms with Gasteiger partial charge >= 0.3 is 6.03 Å². The van der Waals surface area contributed by atoms with E-state index in [4.69, 9.17) is 0 Å². The Balaban J connectivity index is 2.00. The molecule has 1 aliphatic rings. The van der Waals surface area contributed by atoms with Gasteiger partial charge in [-0.3, -0.25) is 0 Å². The summed E-state index contributed by atoms with van der Waals surface area (Å²) in [7, 11) is 0. The lowest BCUT2D eigenvalue weighted by molar-refractivity contribution is 0.255. The summed E-state index contributed by atoms with van der Waals surface area (Å²) in [5, 5.41) is 5.73. The second kappa shape index (κ2) is 5.47. The third kappa shape index (κ3) is 3.60. The molecule has 1 aromatic carbocycles. The molecule has 1 fully saturated rings. The Kier molecular flexibility index (Phi) is 3.93. The molecule has 3 heteroatoms. The highest BCUT2D eigenvalue weighted by Gasteiger charge is 2.22. The number of anilines is 1. The SMILES string of the molecule is C/C(=C\NC(=O)Nc1c(C)cc(C)cc1C)C1CC1. The molecule has 0 unspecified atom stereocenters. The summed E-state index contributed by atoms with van der Waals surface area (Å²) in [6.07, 6.45) is 4.33. The van der Waals surface area contributed by atoms with E-state index >= 15 is 0 Å². The van der Waals surface area contributed by atoms with Crippen molar-refractivity contribution in [2.24, 2.45) is 5.92 Å². The quantitative estimate of drug-likeness (QED) is 0.843. The third-order valence-corrected chi connectivity index (χ3v) is 3.57. The average Bonchev–Trinajstić information content (AvgIpc) is 3.14. The van der Waals surface area contributed by atoms with Crippen LogP contribution in [0.2, 0.25) is 0 Å². The number of nitrogens with one attached hydrogen (secondary N) is 2. The first kappa shape index (κ1) is 13.7. The number of benzene rings is 1. The van der Waals surface area contributed by atoms with Crippen LogP contribution in [0.3, 0.4) is 0 Å². The Morgan fingerprint density at radius 3 is 2.32 bits per heavy atom. The number of carbonyl (C=O) groups excluding carboxylic acids is 1. The number of aryl methyl sites for hydroxylation is 3. The summed E-state index contributed by atoms with van der Waals surface area (Å²) in [6, 6.07) is 3.98. The van der Waals surface area contributed by atoms with Crippen molar-refractivity contribution in [1.29, 1.82) is 0 Å². The van der Waals surface area contributed by atoms with Gasteiger partial charge in [-0.15, -0.1) is 0 Å². The highest BCUT2D eigenvalue weighted by Crippen LogP contribution is 2.35. The van der Waals surface area contributed by atoms with Gasteiger partial charge in [-0.1, -0.05) is 23.3 Å². The molecule has 0 atom stereocenters. The molecule has 2 N–H and O–H groups in total. The van der Waals surface area contributed by atoms with Crippen LogP contribution in [-0.2, 0) is 0 Å². The molecule has 0 saturated heterocycles. The van der Waals surface area contributed by atoms with Crippen molar-refractivity contribution in [3.63, 3.8) is 0 Å². The van der Waals surface area contributed by atoms with Gasteiger partial charge in [-0.25, -0.2) is 4.79 Å². The van der Waals surface area contributed by atoms with Crippen molar-refractivity contribution in [2.75, 3.05) is 5.32 Å². The number of hydrogen-bond donors (Lipinski definition) is 2. The largest absolute Gasteiger partial charge is 0.323 e. The van der Waals surface area contributed by atoms with Gasteiger partial charge in [-0.05, 0) is 57.6 Å². The Hall–Kier alpha value is -1.77. The molecule has 102 valence electrons. The van der Waals surface area contributed by atoms with Gasteiger partial charge < -0.3 is 10.6 Å². The fraction of sp³-hybridized carbons (Fsp3) is 0.438. The Morgan fingerprint density at radius 2 is 1.79 bits per heavy atom. The summed E-state index contributed by atoms with van der Waals surface area (Å²) in [6.45, 7) is 8.16. The van der Waals surface area contributed by atoms with Crippen LogP contribution < -0.4 is 10.6 Å². The molecule has 0 spiro atoms. The van der Waals surface area contributed by atoms with E-state index in [1.165, 1.54) is 24.0 Å². The van der Waals surface area contributed by atoms with Crippen LogP contribution in [0, 0.1) is 26.7 Å². The summed E-state index contributed by atoms with van der Waals surface area (Å²) in [5.74, 6) is 0.683. The van der Waals surface area contributed by atoms with Crippen molar-refractivity contribution >= 4 is 11.7 Å². The Labute approximate surface area is 115 Å². The monoisotopic (exact) mass is 258 g/mol. The first-order valence-corrected chi connectivity index (χ1v) is 6.79. The van der Waals surface area contributed by atoms with Crippen LogP contribution in [0.25, 0.3) is 0 Å². The topological polar surface area (TPSA) is 41.1 Å². The summed E-state index contributed by atoms with van der Waals surface area (Å²) in [4.78, 5) is 11.9. The zero-order valence-corrected chi connectivity index (χ0v) is 12.1. The third-order valence-electron chi connectivity index (χ3n) is 3.57. The predicted octanol–water partition coefficient (Wildman–Crippen LogP) is 4.05. The molecule has 2 amide bonds. The normalized spacial score (nSPS) is 15.3. The van der Waals surface area contributed by atoms with Crippen molar-refractivity contribution < 1.29 is 4.79 Å². The first-order chi connectivity index (χ1) is 8.97. The number of amides is 2. The lowest BCUT2D eigenvalue weighted by Gasteiger charge is -2.12. The van der Waals surface area contributed by atoms with E-state index in [-0.39, 0.29) is 6.03 Å². The van der Waals surface area contributed by atoms with E-state index in [2.05, 4.69) is 36.6 Å². The first-order valence-electron chi connectivity index (χ1n) is 6.79. The molecule has 0 radical (unpaired) electrons. The van der Waals surface area contributed by atoms with Crippen LogP contribution in [-0.4, -0.2) is 6.03 Å². The van der Waals surface area contributed by atoms with Crippen LogP contribution in [0.4, 0.5) is 10.5 Å². The maximum absolute atomic E-state index is 11.9. The van der Waals surface area contributed by atoms with E-state index in [1.54, 1.807) is 0 Å². The highest BCUT2D eigenvalue weighted by molar-refractivity contribution is 5.91. The number of hydrogen-bond acceptors (Lipinski definition) is 1. The number of rotatable bonds is 3. The van der Waals surface area contributed by atoms with Crippen LogP contribution in [0.1, 0.15) is 36.5 Å². The van der Waals surface area contributed by atoms with Gasteiger partial charge in [0.15, 0.2) is 0 Å². The van der Waals surface area contributed by atoms with Crippen molar-refractivity contribution in [3.8, 4) is 0 Å². The van der Waals surface area contributed by atoms with Crippen molar-refractivity contribution in [3.05, 3.63) is 40.6 Å². The minimum atomic E-state index is -0.171. The van der Waals surface area contributed by atoms with Crippen molar-refractivity contribution in [1.82, 2.24) is 5.32 Å². The number of allylic oxidation sites excluding steroid dienone is 1. The van der Waals surface area contributed by atoms with Gasteiger partial charge in [0.25, 0.3) is 0 Å². The summed E-state index contributed by atoms with van der Waals surface area (Å²) >= 11 is 0. The molecular weight excluding hydrogens is 236 g/mol. The van der Waals surface area contributed by atoms with E-state index < -0.39 is 0 Å². The molecule has 1 aromatic rings. The average molecular weight is 258 g/mol. The lowest BCUT2D eigenvalue weighted by Crippen LogP contribution is -2.25. The molecule has 19 heavy (non-hydrogen) atoms. The fourth-order valence-corrected chi connectivity index (χ4v) is 2.36. The van der Waals surface area contributed by atoms with Crippen molar-refractivity contribution in [2.45, 2.75) is 40.5 Å². The summed E-state index contributed by atoms with van der Waals surface area (Å²) < 4.78 is 0. The number of urea groups is 1. The molecule has 1 aliphatic carbocycles. The van der Waals surface area contributed by atoms with E-state index in [9.17, 15) is 4.79 Å². The van der Waals surface area contributed by atoms with Crippen LogP contribution in [0.15, 0.2) is 23.9 Å². The van der Waals surface area contributed by atoms with Gasteiger partial charge in [0.2, 0.25) is 0 Å². The molecule has 0 heterocycles. The van der Waals surface area contributed by atoms with Gasteiger partial charge in [-0.2, -0.15) is 0 Å². The van der Waals surface area contributed by atoms with E-state index in [0.717, 1.165) is 16.8 Å². The van der Waals surface area contributed by atoms with Gasteiger partial charge in [0.05, 0.1) is 0 Å². The second-order valence-corrected chi connectivity index (χ2v) is 5.53. The summed E-state index contributed by atoms with van der Waals surface area (Å²) in [5.41, 5.74) is 5.56.